The number of halogens is 2. The van der Waals surface area contributed by atoms with Crippen molar-refractivity contribution in [1.82, 2.24) is 0 Å². The van der Waals surface area contributed by atoms with Crippen LogP contribution in [-0.4, -0.2) is 19.4 Å². The van der Waals surface area contributed by atoms with Gasteiger partial charge < -0.3 is 18.9 Å². The number of hydrogen-bond acceptors (Lipinski definition) is 5. The normalized spacial score (nSPS) is 14.6. The molecule has 7 heteroatoms. The van der Waals surface area contributed by atoms with E-state index in [2.05, 4.69) is 21.3 Å². The average Bonchev–Trinajstić information content (AvgIpc) is 3.00. The Kier molecular flexibility index (Phi) is 5.69. The molecule has 1 heterocycles. The molecule has 0 aromatic heterocycles. The van der Waals surface area contributed by atoms with Crippen LogP contribution in [0.4, 0.5) is 8.78 Å². The van der Waals surface area contributed by atoms with Gasteiger partial charge in [0.1, 0.15) is 12.4 Å². The summed E-state index contributed by atoms with van der Waals surface area (Å²) in [6.45, 7) is 1.73. The van der Waals surface area contributed by atoms with Crippen LogP contribution < -0.4 is 14.2 Å². The molecule has 146 valence electrons. The smallest absolute Gasteiger partial charge is 0.489 e. The first-order valence-electron chi connectivity index (χ1n) is 8.51. The molecule has 1 atom stereocenters. The minimum atomic E-state index is -3.67. The van der Waals surface area contributed by atoms with Crippen molar-refractivity contribution in [2.75, 3.05) is 7.11 Å². The van der Waals surface area contributed by atoms with Crippen molar-refractivity contribution >= 4 is 5.97 Å². The van der Waals surface area contributed by atoms with Crippen molar-refractivity contribution in [3.8, 4) is 29.1 Å². The molecule has 2 aromatic rings. The first-order valence-corrected chi connectivity index (χ1v) is 8.51. The summed E-state index contributed by atoms with van der Waals surface area (Å²) in [7, 11) is 1.33. The van der Waals surface area contributed by atoms with Crippen molar-refractivity contribution in [1.29, 1.82) is 0 Å². The molecule has 0 amide bonds. The van der Waals surface area contributed by atoms with Gasteiger partial charge in [0, 0.05) is 5.56 Å². The molecule has 2 aromatic carbocycles. The predicted octanol–water partition coefficient (Wildman–Crippen LogP) is 4.26. The van der Waals surface area contributed by atoms with Gasteiger partial charge in [-0.3, -0.25) is 4.79 Å². The minimum absolute atomic E-state index is 0.0229. The number of benzene rings is 2. The summed E-state index contributed by atoms with van der Waals surface area (Å²) >= 11 is 0. The quantitative estimate of drug-likeness (QED) is 0.547. The minimum Gasteiger partial charge on any atom is -0.489 e. The van der Waals surface area contributed by atoms with E-state index in [9.17, 15) is 13.6 Å². The van der Waals surface area contributed by atoms with E-state index in [1.165, 1.54) is 13.2 Å². The van der Waals surface area contributed by atoms with Gasteiger partial charge in [-0.1, -0.05) is 30.2 Å². The lowest BCUT2D eigenvalue weighted by molar-refractivity contribution is -0.287. The summed E-state index contributed by atoms with van der Waals surface area (Å²) in [5.41, 5.74) is 1.29. The Morgan fingerprint density at radius 3 is 2.61 bits per heavy atom. The number of alkyl halides is 2. The molecule has 0 radical (unpaired) electrons. The number of fused-ring (bicyclic) bond motifs is 1. The van der Waals surface area contributed by atoms with Crippen LogP contribution in [0.5, 0.6) is 17.2 Å². The maximum absolute atomic E-state index is 13.2. The maximum atomic E-state index is 13.2. The fraction of sp³-hybridized carbons (Fsp3) is 0.286. The third-order valence-electron chi connectivity index (χ3n) is 4.10. The second-order valence-corrected chi connectivity index (χ2v) is 6.00. The number of carbonyl (C=O) groups is 1. The highest BCUT2D eigenvalue weighted by Gasteiger charge is 2.44. The van der Waals surface area contributed by atoms with Gasteiger partial charge in [-0.2, -0.15) is 0 Å². The summed E-state index contributed by atoms with van der Waals surface area (Å²) in [4.78, 5) is 11.5. The maximum Gasteiger partial charge on any atom is 0.586 e. The monoisotopic (exact) mass is 388 g/mol. The van der Waals surface area contributed by atoms with Crippen LogP contribution in [0.1, 0.15) is 30.4 Å². The SMILES string of the molecule is CC#CC(CC(=O)OC)c1ccc(OCc2cccc3c2OC(F)(F)O3)cc1. The molecule has 1 aliphatic rings. The van der Waals surface area contributed by atoms with Crippen LogP contribution in [-0.2, 0) is 16.1 Å². The summed E-state index contributed by atoms with van der Waals surface area (Å²) in [5.74, 6) is 5.66. The zero-order chi connectivity index (χ0) is 20.1. The summed E-state index contributed by atoms with van der Waals surface area (Å²) in [5, 5.41) is 0. The zero-order valence-electron chi connectivity index (χ0n) is 15.3. The van der Waals surface area contributed by atoms with Gasteiger partial charge in [0.15, 0.2) is 11.5 Å². The average molecular weight is 388 g/mol. The van der Waals surface area contributed by atoms with Crippen LogP contribution >= 0.6 is 0 Å². The molecule has 0 spiro atoms. The number of ether oxygens (including phenoxy) is 4. The molecule has 0 aliphatic carbocycles. The standard InChI is InChI=1S/C21H18F2O5/c1-3-5-15(12-19(24)25-2)14-8-10-17(11-9-14)26-13-16-6-4-7-18-20(16)28-21(22,23)27-18/h4,6-11,15H,12-13H2,1-2H3. The second-order valence-electron chi connectivity index (χ2n) is 6.00. The first kappa shape index (κ1) is 19.5. The van der Waals surface area contributed by atoms with E-state index in [4.69, 9.17) is 9.47 Å². The Morgan fingerprint density at radius 2 is 1.93 bits per heavy atom. The number of hydrogen-bond donors (Lipinski definition) is 0. The van der Waals surface area contributed by atoms with E-state index in [0.717, 1.165) is 5.56 Å². The molecule has 1 aliphatic heterocycles. The summed E-state index contributed by atoms with van der Waals surface area (Å²) in [6.07, 6.45) is -3.52. The van der Waals surface area contributed by atoms with E-state index < -0.39 is 6.29 Å². The predicted molar refractivity (Wildman–Crippen MR) is 96.2 cm³/mol. The lowest BCUT2D eigenvalue weighted by Crippen LogP contribution is -2.26. The Bertz CT molecular complexity index is 913. The lowest BCUT2D eigenvalue weighted by atomic mass is 9.96. The van der Waals surface area contributed by atoms with Gasteiger partial charge >= 0.3 is 12.3 Å². The molecule has 0 N–H and O–H groups in total. The Hall–Kier alpha value is -3.27. The van der Waals surface area contributed by atoms with Crippen molar-refractivity contribution in [3.05, 3.63) is 53.6 Å². The Labute approximate surface area is 161 Å². The first-order chi connectivity index (χ1) is 13.4. The van der Waals surface area contributed by atoms with E-state index in [0.29, 0.717) is 11.3 Å². The third kappa shape index (κ3) is 4.52. The van der Waals surface area contributed by atoms with Gasteiger partial charge in [0.05, 0.1) is 19.4 Å². The largest absolute Gasteiger partial charge is 0.586 e. The Balaban J connectivity index is 1.68. The fourth-order valence-electron chi connectivity index (χ4n) is 2.77. The van der Waals surface area contributed by atoms with Gasteiger partial charge in [-0.25, -0.2) is 0 Å². The van der Waals surface area contributed by atoms with Gasteiger partial charge in [-0.05, 0) is 30.7 Å². The number of para-hydroxylation sites is 1. The molecule has 5 nitrogen and oxygen atoms in total. The molecule has 0 bridgehead atoms. The van der Waals surface area contributed by atoms with Gasteiger partial charge in [-0.15, -0.1) is 14.7 Å². The molecular formula is C21H18F2O5. The molecule has 1 unspecified atom stereocenters. The summed E-state index contributed by atoms with van der Waals surface area (Å²) in [6, 6.07) is 11.7. The van der Waals surface area contributed by atoms with Crippen LogP contribution in [0.15, 0.2) is 42.5 Å². The van der Waals surface area contributed by atoms with Crippen LogP contribution in [0.3, 0.4) is 0 Å². The van der Waals surface area contributed by atoms with Crippen LogP contribution in [0.2, 0.25) is 0 Å². The van der Waals surface area contributed by atoms with Crippen molar-refractivity contribution in [3.63, 3.8) is 0 Å². The number of carbonyl (C=O) groups excluding carboxylic acids is 1. The third-order valence-corrected chi connectivity index (χ3v) is 4.10. The highest BCUT2D eigenvalue weighted by Crippen LogP contribution is 2.43. The fourth-order valence-corrected chi connectivity index (χ4v) is 2.77. The highest BCUT2D eigenvalue weighted by molar-refractivity contribution is 5.71. The van der Waals surface area contributed by atoms with Gasteiger partial charge in [0.2, 0.25) is 0 Å². The Morgan fingerprint density at radius 1 is 1.18 bits per heavy atom. The van der Waals surface area contributed by atoms with Gasteiger partial charge in [0.25, 0.3) is 0 Å². The van der Waals surface area contributed by atoms with Crippen molar-refractivity contribution in [2.45, 2.75) is 32.2 Å². The zero-order valence-corrected chi connectivity index (χ0v) is 15.3. The number of rotatable bonds is 6. The van der Waals surface area contributed by atoms with Crippen molar-refractivity contribution in [2.24, 2.45) is 0 Å². The molecule has 28 heavy (non-hydrogen) atoms. The lowest BCUT2D eigenvalue weighted by Gasteiger charge is -2.12. The van der Waals surface area contributed by atoms with Crippen molar-refractivity contribution < 1.29 is 32.5 Å². The molecule has 0 saturated heterocycles. The summed E-state index contributed by atoms with van der Waals surface area (Å²) < 4.78 is 45.9. The van der Waals surface area contributed by atoms with E-state index in [1.807, 2.05) is 0 Å². The number of esters is 1. The molecule has 0 saturated carbocycles. The topological polar surface area (TPSA) is 54.0 Å². The van der Waals surface area contributed by atoms with E-state index in [-0.39, 0.29) is 36.4 Å². The van der Waals surface area contributed by atoms with Crippen LogP contribution in [0.25, 0.3) is 0 Å². The van der Waals surface area contributed by atoms with E-state index in [1.54, 1.807) is 43.3 Å². The molecule has 3 rings (SSSR count). The van der Waals surface area contributed by atoms with Crippen LogP contribution in [0, 0.1) is 11.8 Å². The highest BCUT2D eigenvalue weighted by atomic mass is 19.3. The molecule has 0 fully saturated rings. The number of methoxy groups -OCH3 is 1. The van der Waals surface area contributed by atoms with E-state index >= 15 is 0 Å². The molecular weight excluding hydrogens is 370 g/mol. The second kappa shape index (κ2) is 8.17.